The van der Waals surface area contributed by atoms with Gasteiger partial charge in [-0.3, -0.25) is 15.1 Å². The van der Waals surface area contributed by atoms with Gasteiger partial charge in [0.15, 0.2) is 5.82 Å². The van der Waals surface area contributed by atoms with Crippen LogP contribution >= 0.6 is 11.5 Å². The Morgan fingerprint density at radius 3 is 2.10 bits per heavy atom. The molecule has 5 aromatic rings. The van der Waals surface area contributed by atoms with Crippen LogP contribution in [-0.2, 0) is 11.2 Å². The molecule has 3 aromatic carbocycles. The number of amides is 3. The minimum absolute atomic E-state index is 0.133. The highest BCUT2D eigenvalue weighted by atomic mass is 32.1. The second-order valence-electron chi connectivity index (χ2n) is 9.83. The van der Waals surface area contributed by atoms with E-state index in [0.29, 0.717) is 36.2 Å². The van der Waals surface area contributed by atoms with E-state index in [1.807, 2.05) is 47.4 Å². The molecule has 0 unspecified atom stereocenters. The summed E-state index contributed by atoms with van der Waals surface area (Å²) in [5.74, 6) is 0.523. The van der Waals surface area contributed by atoms with E-state index in [9.17, 15) is 9.59 Å². The fraction of sp³-hybridized carbons (Fsp3) is 0.182. The highest BCUT2D eigenvalue weighted by Gasteiger charge is 2.20. The average Bonchev–Trinajstić information content (AvgIpc) is 3.48. The Bertz CT molecular complexity index is 1540. The van der Waals surface area contributed by atoms with Crippen molar-refractivity contribution in [1.82, 2.24) is 19.2 Å². The molecular weight excluding hydrogens is 544 g/mol. The summed E-state index contributed by atoms with van der Waals surface area (Å²) in [5, 5.41) is 6.13. The molecule has 0 atom stereocenters. The van der Waals surface area contributed by atoms with Crippen LogP contribution in [0.25, 0.3) is 11.4 Å². The summed E-state index contributed by atoms with van der Waals surface area (Å²) in [6.45, 7) is 2.52. The van der Waals surface area contributed by atoms with E-state index in [4.69, 9.17) is 0 Å². The van der Waals surface area contributed by atoms with Crippen molar-refractivity contribution in [1.29, 1.82) is 0 Å². The molecule has 0 radical (unpaired) electrons. The Kier molecular flexibility index (Phi) is 9.64. The van der Waals surface area contributed by atoms with Crippen LogP contribution in [0.4, 0.5) is 15.6 Å². The summed E-state index contributed by atoms with van der Waals surface area (Å²) in [7, 11) is 0. The van der Waals surface area contributed by atoms with E-state index >= 15 is 0 Å². The Labute approximate surface area is 249 Å². The summed E-state index contributed by atoms with van der Waals surface area (Å²) < 4.78 is 4.44. The van der Waals surface area contributed by atoms with E-state index in [0.717, 1.165) is 29.2 Å². The second-order valence-corrected chi connectivity index (χ2v) is 10.6. The highest BCUT2D eigenvalue weighted by molar-refractivity contribution is 7.10. The molecule has 42 heavy (non-hydrogen) atoms. The van der Waals surface area contributed by atoms with Crippen molar-refractivity contribution in [2.75, 3.05) is 23.7 Å². The Morgan fingerprint density at radius 2 is 1.48 bits per heavy atom. The van der Waals surface area contributed by atoms with E-state index in [-0.39, 0.29) is 17.9 Å². The maximum absolute atomic E-state index is 13.6. The number of rotatable bonds is 11. The Morgan fingerprint density at radius 1 is 0.810 bits per heavy atom. The standard InChI is InChI=1S/C33H32N6O2S/c1-24(40)35-29-17-15-27(16-18-29)31-36-32(42-38-31)37-33(41)39(22-19-28-14-8-9-21-34-28)23-20-30(25-10-4-2-5-11-25)26-12-6-3-7-13-26/h2-18,21,30H,19-20,22-23H2,1H3,(H,35,40)(H,36,37,38,41). The molecule has 0 saturated heterocycles. The SMILES string of the molecule is CC(=O)Nc1ccc(-c2nsc(NC(=O)N(CCc3ccccn3)CCC(c3ccccc3)c3ccccc3)n2)cc1. The number of hydrogen-bond acceptors (Lipinski definition) is 6. The van der Waals surface area contributed by atoms with Gasteiger partial charge in [0.25, 0.3) is 0 Å². The van der Waals surface area contributed by atoms with Crippen LogP contribution in [0.2, 0.25) is 0 Å². The largest absolute Gasteiger partial charge is 0.326 e. The third-order valence-electron chi connectivity index (χ3n) is 6.85. The van der Waals surface area contributed by atoms with Gasteiger partial charge in [-0.15, -0.1) is 0 Å². The third kappa shape index (κ3) is 7.86. The van der Waals surface area contributed by atoms with Crippen molar-refractivity contribution in [3.05, 3.63) is 126 Å². The van der Waals surface area contributed by atoms with Crippen molar-refractivity contribution in [3.8, 4) is 11.4 Å². The zero-order chi connectivity index (χ0) is 29.1. The first kappa shape index (κ1) is 28.6. The smallest absolute Gasteiger partial charge is 0.323 e. The molecular formula is C33H32N6O2S. The second kappa shape index (κ2) is 14.1. The van der Waals surface area contributed by atoms with Gasteiger partial charge in [0.1, 0.15) is 0 Å². The maximum Gasteiger partial charge on any atom is 0.323 e. The number of nitrogens with one attached hydrogen (secondary N) is 2. The molecule has 0 aliphatic carbocycles. The number of benzene rings is 3. The lowest BCUT2D eigenvalue weighted by Crippen LogP contribution is -2.38. The Balaban J connectivity index is 1.31. The van der Waals surface area contributed by atoms with Gasteiger partial charge in [-0.25, -0.2) is 4.79 Å². The molecule has 3 amide bonds. The van der Waals surface area contributed by atoms with Crippen LogP contribution in [0.1, 0.15) is 36.1 Å². The number of carbonyl (C=O) groups is 2. The summed E-state index contributed by atoms with van der Waals surface area (Å²) in [6, 6.07) is 33.7. The number of carbonyl (C=O) groups excluding carboxylic acids is 2. The minimum Gasteiger partial charge on any atom is -0.326 e. The molecule has 9 heteroatoms. The number of hydrogen-bond donors (Lipinski definition) is 2. The monoisotopic (exact) mass is 576 g/mol. The summed E-state index contributed by atoms with van der Waals surface area (Å²) in [6.07, 6.45) is 3.16. The highest BCUT2D eigenvalue weighted by Crippen LogP contribution is 2.29. The van der Waals surface area contributed by atoms with Crippen molar-refractivity contribution < 1.29 is 9.59 Å². The lowest BCUT2D eigenvalue weighted by atomic mass is 9.88. The molecule has 0 bridgehead atoms. The summed E-state index contributed by atoms with van der Waals surface area (Å²) in [4.78, 5) is 35.7. The average molecular weight is 577 g/mol. The van der Waals surface area contributed by atoms with E-state index < -0.39 is 0 Å². The number of aromatic nitrogens is 3. The first-order valence-electron chi connectivity index (χ1n) is 13.8. The van der Waals surface area contributed by atoms with E-state index in [1.54, 1.807) is 18.3 Å². The van der Waals surface area contributed by atoms with Crippen molar-refractivity contribution in [3.63, 3.8) is 0 Å². The van der Waals surface area contributed by atoms with Crippen molar-refractivity contribution in [2.24, 2.45) is 0 Å². The number of nitrogens with zero attached hydrogens (tertiary/aromatic N) is 4. The fourth-order valence-electron chi connectivity index (χ4n) is 4.76. The van der Waals surface area contributed by atoms with Gasteiger partial charge in [-0.2, -0.15) is 9.36 Å². The first-order chi connectivity index (χ1) is 20.5. The molecule has 0 aliphatic heterocycles. The molecule has 0 saturated carbocycles. The van der Waals surface area contributed by atoms with Gasteiger partial charge < -0.3 is 10.2 Å². The molecule has 212 valence electrons. The van der Waals surface area contributed by atoms with Gasteiger partial charge in [-0.1, -0.05) is 66.7 Å². The lowest BCUT2D eigenvalue weighted by Gasteiger charge is -2.26. The number of urea groups is 1. The van der Waals surface area contributed by atoms with Gasteiger partial charge in [0, 0.05) is 67.0 Å². The van der Waals surface area contributed by atoms with Crippen molar-refractivity contribution >= 4 is 34.3 Å². The molecule has 8 nitrogen and oxygen atoms in total. The lowest BCUT2D eigenvalue weighted by molar-refractivity contribution is -0.114. The molecule has 0 fully saturated rings. The molecule has 5 rings (SSSR count). The number of anilines is 2. The molecule has 0 spiro atoms. The van der Waals surface area contributed by atoms with Gasteiger partial charge in [0.05, 0.1) is 0 Å². The van der Waals surface area contributed by atoms with Crippen LogP contribution in [-0.4, -0.2) is 44.3 Å². The number of pyridine rings is 1. The van der Waals surface area contributed by atoms with Gasteiger partial charge >= 0.3 is 6.03 Å². The molecule has 2 N–H and O–H groups in total. The predicted octanol–water partition coefficient (Wildman–Crippen LogP) is 6.86. The molecule has 2 aromatic heterocycles. The van der Waals surface area contributed by atoms with Crippen LogP contribution in [0.5, 0.6) is 0 Å². The minimum atomic E-state index is -0.227. The zero-order valence-corrected chi connectivity index (χ0v) is 24.1. The van der Waals surface area contributed by atoms with Gasteiger partial charge in [0.2, 0.25) is 11.0 Å². The fourth-order valence-corrected chi connectivity index (χ4v) is 5.34. The third-order valence-corrected chi connectivity index (χ3v) is 7.48. The van der Waals surface area contributed by atoms with Gasteiger partial charge in [-0.05, 0) is 53.9 Å². The normalized spacial score (nSPS) is 10.8. The quantitative estimate of drug-likeness (QED) is 0.179. The molecule has 0 aliphatic rings. The summed E-state index contributed by atoms with van der Waals surface area (Å²) in [5.41, 5.74) is 4.85. The molecule has 2 heterocycles. The van der Waals surface area contributed by atoms with Crippen LogP contribution < -0.4 is 10.6 Å². The zero-order valence-electron chi connectivity index (χ0n) is 23.3. The van der Waals surface area contributed by atoms with Crippen LogP contribution in [0.3, 0.4) is 0 Å². The van der Waals surface area contributed by atoms with Crippen LogP contribution in [0.15, 0.2) is 109 Å². The summed E-state index contributed by atoms with van der Waals surface area (Å²) >= 11 is 1.14. The van der Waals surface area contributed by atoms with E-state index in [2.05, 4.69) is 73.5 Å². The first-order valence-corrected chi connectivity index (χ1v) is 14.6. The van der Waals surface area contributed by atoms with Crippen LogP contribution in [0, 0.1) is 0 Å². The predicted molar refractivity (Wildman–Crippen MR) is 168 cm³/mol. The maximum atomic E-state index is 13.6. The Hall–Kier alpha value is -4.89. The van der Waals surface area contributed by atoms with Crippen molar-refractivity contribution in [2.45, 2.75) is 25.7 Å². The topological polar surface area (TPSA) is 100 Å². The van der Waals surface area contributed by atoms with E-state index in [1.165, 1.54) is 18.1 Å².